The first-order valence-electron chi connectivity index (χ1n) is 5.88. The van der Waals surface area contributed by atoms with Crippen LogP contribution in [0.15, 0.2) is 0 Å². The van der Waals surface area contributed by atoms with Crippen molar-refractivity contribution in [1.29, 1.82) is 0 Å². The van der Waals surface area contributed by atoms with Gasteiger partial charge in [-0.15, -0.1) is 0 Å². The van der Waals surface area contributed by atoms with Gasteiger partial charge in [0.15, 0.2) is 0 Å². The van der Waals surface area contributed by atoms with Crippen molar-refractivity contribution in [2.75, 3.05) is 19.8 Å². The molecule has 2 nitrogen and oxygen atoms in total. The minimum Gasteiger partial charge on any atom is -0.381 e. The van der Waals surface area contributed by atoms with Crippen molar-refractivity contribution in [1.82, 2.24) is 0 Å². The van der Waals surface area contributed by atoms with Gasteiger partial charge in [0, 0.05) is 13.2 Å². The van der Waals surface area contributed by atoms with Crippen molar-refractivity contribution < 1.29 is 4.74 Å². The molecule has 0 aliphatic carbocycles. The van der Waals surface area contributed by atoms with E-state index < -0.39 is 0 Å². The Morgan fingerprint density at radius 1 is 1.21 bits per heavy atom. The molecular formula is C12H27NO. The van der Waals surface area contributed by atoms with Crippen LogP contribution < -0.4 is 5.73 Å². The van der Waals surface area contributed by atoms with E-state index in [-0.39, 0.29) is 0 Å². The Hall–Kier alpha value is -0.0800. The van der Waals surface area contributed by atoms with Gasteiger partial charge in [0.2, 0.25) is 0 Å². The van der Waals surface area contributed by atoms with Gasteiger partial charge in [-0.1, -0.05) is 27.7 Å². The quantitative estimate of drug-likeness (QED) is 0.613. The lowest BCUT2D eigenvalue weighted by atomic mass is 9.80. The van der Waals surface area contributed by atoms with Crippen LogP contribution in [0.4, 0.5) is 0 Å². The topological polar surface area (TPSA) is 35.2 Å². The predicted molar refractivity (Wildman–Crippen MR) is 62.3 cm³/mol. The molecule has 0 spiro atoms. The molecule has 0 aromatic carbocycles. The highest BCUT2D eigenvalue weighted by molar-refractivity contribution is 4.77. The predicted octanol–water partition coefficient (Wildman–Crippen LogP) is 2.81. The van der Waals surface area contributed by atoms with Crippen LogP contribution in [-0.4, -0.2) is 19.8 Å². The zero-order valence-electron chi connectivity index (χ0n) is 10.3. The van der Waals surface area contributed by atoms with E-state index in [1.54, 1.807) is 0 Å². The number of nitrogens with two attached hydrogens (primary N) is 1. The van der Waals surface area contributed by atoms with Crippen LogP contribution in [0.5, 0.6) is 0 Å². The molecule has 0 fully saturated rings. The van der Waals surface area contributed by atoms with Crippen LogP contribution in [0.25, 0.3) is 0 Å². The number of rotatable bonds is 8. The summed E-state index contributed by atoms with van der Waals surface area (Å²) in [5, 5.41) is 0. The molecule has 0 saturated heterocycles. The molecule has 0 amide bonds. The summed E-state index contributed by atoms with van der Waals surface area (Å²) in [6, 6.07) is 0. The van der Waals surface area contributed by atoms with Crippen LogP contribution in [0, 0.1) is 11.3 Å². The summed E-state index contributed by atoms with van der Waals surface area (Å²) in [6.45, 7) is 11.3. The second kappa shape index (κ2) is 7.24. The zero-order valence-corrected chi connectivity index (χ0v) is 10.3. The van der Waals surface area contributed by atoms with Crippen LogP contribution in [0.3, 0.4) is 0 Å². The molecule has 0 aromatic rings. The van der Waals surface area contributed by atoms with E-state index in [1.807, 2.05) is 0 Å². The maximum absolute atomic E-state index is 5.82. The first-order chi connectivity index (χ1) is 6.60. The minimum absolute atomic E-state index is 0.316. The van der Waals surface area contributed by atoms with Gasteiger partial charge in [-0.2, -0.15) is 0 Å². The molecule has 0 aliphatic rings. The Balaban J connectivity index is 3.71. The van der Waals surface area contributed by atoms with E-state index >= 15 is 0 Å². The first-order valence-corrected chi connectivity index (χ1v) is 5.88. The van der Waals surface area contributed by atoms with Gasteiger partial charge in [-0.3, -0.25) is 0 Å². The van der Waals surface area contributed by atoms with Crippen molar-refractivity contribution in [2.24, 2.45) is 17.1 Å². The fourth-order valence-electron chi connectivity index (χ4n) is 1.60. The van der Waals surface area contributed by atoms with E-state index in [1.165, 1.54) is 0 Å². The third kappa shape index (κ3) is 4.97. The van der Waals surface area contributed by atoms with Gasteiger partial charge < -0.3 is 10.5 Å². The van der Waals surface area contributed by atoms with Crippen molar-refractivity contribution in [2.45, 2.75) is 47.0 Å². The molecular weight excluding hydrogens is 174 g/mol. The molecule has 2 N–H and O–H groups in total. The van der Waals surface area contributed by atoms with E-state index in [0.29, 0.717) is 11.3 Å². The molecule has 14 heavy (non-hydrogen) atoms. The van der Waals surface area contributed by atoms with Crippen LogP contribution in [0.1, 0.15) is 47.0 Å². The highest BCUT2D eigenvalue weighted by Crippen LogP contribution is 2.28. The van der Waals surface area contributed by atoms with Gasteiger partial charge in [0.25, 0.3) is 0 Å². The maximum atomic E-state index is 5.82. The highest BCUT2D eigenvalue weighted by Gasteiger charge is 2.23. The van der Waals surface area contributed by atoms with Crippen molar-refractivity contribution in [3.05, 3.63) is 0 Å². The second-order valence-corrected chi connectivity index (χ2v) is 4.63. The third-order valence-electron chi connectivity index (χ3n) is 3.16. The molecule has 0 heterocycles. The lowest BCUT2D eigenvalue weighted by Crippen LogP contribution is -2.30. The summed E-state index contributed by atoms with van der Waals surface area (Å²) in [7, 11) is 0. The Morgan fingerprint density at radius 3 is 2.14 bits per heavy atom. The summed E-state index contributed by atoms with van der Waals surface area (Å²) < 4.78 is 5.60. The van der Waals surface area contributed by atoms with Gasteiger partial charge in [-0.05, 0) is 37.1 Å². The lowest BCUT2D eigenvalue weighted by molar-refractivity contribution is 0.0750. The van der Waals surface area contributed by atoms with Crippen molar-refractivity contribution in [3.63, 3.8) is 0 Å². The maximum Gasteiger partial charge on any atom is 0.0488 e. The van der Waals surface area contributed by atoms with Gasteiger partial charge in [0.05, 0.1) is 0 Å². The molecule has 0 aromatic heterocycles. The zero-order chi connectivity index (χ0) is 11.0. The number of hydrogen-bond donors (Lipinski definition) is 1. The summed E-state index contributed by atoms with van der Waals surface area (Å²) in [6.07, 6.45) is 3.42. The van der Waals surface area contributed by atoms with E-state index in [0.717, 1.165) is 39.0 Å². The monoisotopic (exact) mass is 201 g/mol. The van der Waals surface area contributed by atoms with E-state index in [9.17, 15) is 0 Å². The molecule has 86 valence electrons. The standard InChI is InChI=1S/C12H27NO/c1-5-12(6-2,10-13)7-8-14-9-11(3)4/h11H,5-10,13H2,1-4H3. The average Bonchev–Trinajstić information content (AvgIpc) is 2.19. The largest absolute Gasteiger partial charge is 0.381 e. The number of hydrogen-bond acceptors (Lipinski definition) is 2. The molecule has 0 bridgehead atoms. The van der Waals surface area contributed by atoms with Crippen LogP contribution in [-0.2, 0) is 4.74 Å². The Kier molecular flexibility index (Phi) is 7.20. The summed E-state index contributed by atoms with van der Waals surface area (Å²) in [5.74, 6) is 0.630. The average molecular weight is 201 g/mol. The Morgan fingerprint density at radius 2 is 1.79 bits per heavy atom. The SMILES string of the molecule is CCC(CC)(CN)CCOCC(C)C. The first kappa shape index (κ1) is 13.9. The normalized spacial score (nSPS) is 12.4. The third-order valence-corrected chi connectivity index (χ3v) is 3.16. The summed E-state index contributed by atoms with van der Waals surface area (Å²) >= 11 is 0. The molecule has 0 aliphatic heterocycles. The molecule has 0 atom stereocenters. The molecule has 0 unspecified atom stereocenters. The van der Waals surface area contributed by atoms with Gasteiger partial charge in [0.1, 0.15) is 0 Å². The number of ether oxygens (including phenoxy) is 1. The molecule has 2 heteroatoms. The summed E-state index contributed by atoms with van der Waals surface area (Å²) in [5.41, 5.74) is 6.13. The Bertz CT molecular complexity index is 122. The second-order valence-electron chi connectivity index (χ2n) is 4.63. The van der Waals surface area contributed by atoms with Crippen molar-refractivity contribution >= 4 is 0 Å². The minimum atomic E-state index is 0.316. The van der Waals surface area contributed by atoms with Crippen molar-refractivity contribution in [3.8, 4) is 0 Å². The van der Waals surface area contributed by atoms with Gasteiger partial charge >= 0.3 is 0 Å². The molecule has 0 rings (SSSR count). The van der Waals surface area contributed by atoms with E-state index in [2.05, 4.69) is 27.7 Å². The fraction of sp³-hybridized carbons (Fsp3) is 1.00. The smallest absolute Gasteiger partial charge is 0.0488 e. The molecule has 0 saturated carbocycles. The van der Waals surface area contributed by atoms with E-state index in [4.69, 9.17) is 10.5 Å². The van der Waals surface area contributed by atoms with Crippen LogP contribution in [0.2, 0.25) is 0 Å². The lowest BCUT2D eigenvalue weighted by Gasteiger charge is -2.30. The summed E-state index contributed by atoms with van der Waals surface area (Å²) in [4.78, 5) is 0. The fourth-order valence-corrected chi connectivity index (χ4v) is 1.60. The Labute approximate surface area is 89.2 Å². The molecule has 0 radical (unpaired) electrons. The highest BCUT2D eigenvalue weighted by atomic mass is 16.5. The van der Waals surface area contributed by atoms with Gasteiger partial charge in [-0.25, -0.2) is 0 Å². The van der Waals surface area contributed by atoms with Crippen LogP contribution >= 0.6 is 0 Å².